The lowest BCUT2D eigenvalue weighted by molar-refractivity contribution is -0.145. The molecule has 0 aliphatic carbocycles. The summed E-state index contributed by atoms with van der Waals surface area (Å²) in [5, 5.41) is 6.49. The van der Waals surface area contributed by atoms with E-state index >= 15 is 0 Å². The first-order chi connectivity index (χ1) is 14.1. The first kappa shape index (κ1) is 20.1. The van der Waals surface area contributed by atoms with Crippen molar-refractivity contribution in [2.75, 3.05) is 19.7 Å². The van der Waals surface area contributed by atoms with Gasteiger partial charge in [0, 0.05) is 13.1 Å². The number of furan rings is 1. The molecule has 1 aliphatic rings. The zero-order chi connectivity index (χ0) is 20.5. The molecule has 1 aromatic carbocycles. The Morgan fingerprint density at radius 1 is 1.14 bits per heavy atom. The van der Waals surface area contributed by atoms with Crippen LogP contribution in [0.3, 0.4) is 0 Å². The maximum absolute atomic E-state index is 11.9. The molecule has 1 aliphatic heterocycles. The summed E-state index contributed by atoms with van der Waals surface area (Å²) in [5.41, 5.74) is 2.94. The zero-order valence-electron chi connectivity index (χ0n) is 15.8. The second kappa shape index (κ2) is 10.1. The van der Waals surface area contributed by atoms with E-state index in [2.05, 4.69) is 15.8 Å². The van der Waals surface area contributed by atoms with Crippen molar-refractivity contribution < 1.29 is 23.5 Å². The Morgan fingerprint density at radius 3 is 2.59 bits per heavy atom. The fourth-order valence-corrected chi connectivity index (χ4v) is 2.73. The van der Waals surface area contributed by atoms with Crippen molar-refractivity contribution >= 4 is 23.9 Å². The maximum atomic E-state index is 11.9. The number of hydrogen-bond donors (Lipinski definition) is 2. The SMILES string of the molecule is O=C(COc1ccc(/C=N/NC(=O)C(=O)N2CCCC2)cc1)NCc1ccco1. The number of likely N-dealkylation sites (tertiary alicyclic amines) is 1. The third kappa shape index (κ3) is 6.20. The molecular formula is C20H22N4O5. The van der Waals surface area contributed by atoms with Gasteiger partial charge in [-0.3, -0.25) is 14.4 Å². The first-order valence-electron chi connectivity index (χ1n) is 9.26. The number of rotatable bonds is 7. The van der Waals surface area contributed by atoms with Crippen LogP contribution in [0.4, 0.5) is 0 Å². The van der Waals surface area contributed by atoms with Gasteiger partial charge in [0.1, 0.15) is 11.5 Å². The van der Waals surface area contributed by atoms with Gasteiger partial charge in [0.2, 0.25) is 0 Å². The standard InChI is InChI=1S/C20H22N4O5/c25-18(21-13-17-4-3-11-28-17)14-29-16-7-5-15(6-8-16)12-22-23-19(26)20(27)24-9-1-2-10-24/h3-8,11-12H,1-2,9-10,13-14H2,(H,21,25)(H,23,26)/b22-12+. The average molecular weight is 398 g/mol. The third-order valence-corrected chi connectivity index (χ3v) is 4.26. The Morgan fingerprint density at radius 2 is 1.90 bits per heavy atom. The highest BCUT2D eigenvalue weighted by atomic mass is 16.5. The smallest absolute Gasteiger partial charge is 0.329 e. The summed E-state index contributed by atoms with van der Waals surface area (Å²) < 4.78 is 10.5. The highest BCUT2D eigenvalue weighted by Gasteiger charge is 2.23. The van der Waals surface area contributed by atoms with E-state index in [4.69, 9.17) is 9.15 Å². The van der Waals surface area contributed by atoms with E-state index in [1.165, 1.54) is 11.1 Å². The number of hydrogen-bond acceptors (Lipinski definition) is 6. The topological polar surface area (TPSA) is 113 Å². The van der Waals surface area contributed by atoms with Gasteiger partial charge in [0.05, 0.1) is 19.0 Å². The molecule has 1 fully saturated rings. The molecule has 0 unspecified atom stereocenters. The summed E-state index contributed by atoms with van der Waals surface area (Å²) in [6, 6.07) is 10.3. The van der Waals surface area contributed by atoms with Gasteiger partial charge in [-0.05, 0) is 54.8 Å². The van der Waals surface area contributed by atoms with Crippen LogP contribution in [0.25, 0.3) is 0 Å². The van der Waals surface area contributed by atoms with Gasteiger partial charge in [-0.1, -0.05) is 0 Å². The number of ether oxygens (including phenoxy) is 1. The molecule has 2 heterocycles. The van der Waals surface area contributed by atoms with E-state index in [1.54, 1.807) is 42.7 Å². The highest BCUT2D eigenvalue weighted by molar-refractivity contribution is 6.35. The van der Waals surface area contributed by atoms with Crippen molar-refractivity contribution in [3.05, 3.63) is 54.0 Å². The number of nitrogens with one attached hydrogen (secondary N) is 2. The largest absolute Gasteiger partial charge is 0.484 e. The second-order valence-electron chi connectivity index (χ2n) is 6.41. The van der Waals surface area contributed by atoms with Crippen LogP contribution in [0.15, 0.2) is 52.2 Å². The fraction of sp³-hybridized carbons (Fsp3) is 0.300. The Hall–Kier alpha value is -3.62. The predicted octanol–water partition coefficient (Wildman–Crippen LogP) is 1.05. The lowest BCUT2D eigenvalue weighted by Gasteiger charge is -2.12. The Bertz CT molecular complexity index is 856. The van der Waals surface area contributed by atoms with Gasteiger partial charge in [0.15, 0.2) is 6.61 Å². The molecule has 2 N–H and O–H groups in total. The molecule has 0 radical (unpaired) electrons. The van der Waals surface area contributed by atoms with Crippen LogP contribution in [0, 0.1) is 0 Å². The highest BCUT2D eigenvalue weighted by Crippen LogP contribution is 2.11. The molecule has 0 spiro atoms. The summed E-state index contributed by atoms with van der Waals surface area (Å²) in [4.78, 5) is 36.9. The molecule has 29 heavy (non-hydrogen) atoms. The van der Waals surface area contributed by atoms with Gasteiger partial charge in [-0.15, -0.1) is 0 Å². The van der Waals surface area contributed by atoms with Crippen molar-refractivity contribution in [1.29, 1.82) is 0 Å². The van der Waals surface area contributed by atoms with Crippen molar-refractivity contribution in [3.8, 4) is 5.75 Å². The molecule has 0 atom stereocenters. The minimum atomic E-state index is -0.747. The van der Waals surface area contributed by atoms with Crippen LogP contribution in [-0.4, -0.2) is 48.5 Å². The molecule has 0 bridgehead atoms. The zero-order valence-corrected chi connectivity index (χ0v) is 15.8. The molecule has 2 aromatic rings. The normalized spacial score (nSPS) is 13.4. The van der Waals surface area contributed by atoms with E-state index in [9.17, 15) is 14.4 Å². The van der Waals surface area contributed by atoms with Gasteiger partial charge in [0.25, 0.3) is 5.91 Å². The molecule has 3 amide bonds. The second-order valence-corrected chi connectivity index (χ2v) is 6.41. The molecule has 9 heteroatoms. The monoisotopic (exact) mass is 398 g/mol. The number of carbonyl (C=O) groups is 3. The van der Waals surface area contributed by atoms with Crippen LogP contribution in [0.5, 0.6) is 5.75 Å². The van der Waals surface area contributed by atoms with Crippen LogP contribution < -0.4 is 15.5 Å². The molecule has 9 nitrogen and oxygen atoms in total. The Balaban J connectivity index is 1.38. The van der Waals surface area contributed by atoms with Crippen molar-refractivity contribution in [1.82, 2.24) is 15.6 Å². The number of hydrazone groups is 1. The molecule has 1 saturated heterocycles. The minimum absolute atomic E-state index is 0.122. The van der Waals surface area contributed by atoms with Crippen molar-refractivity contribution in [2.45, 2.75) is 19.4 Å². The van der Waals surface area contributed by atoms with Crippen LogP contribution in [0.2, 0.25) is 0 Å². The average Bonchev–Trinajstić information content (AvgIpc) is 3.45. The summed E-state index contributed by atoms with van der Waals surface area (Å²) in [5.74, 6) is -0.394. The van der Waals surface area contributed by atoms with Crippen molar-refractivity contribution in [3.63, 3.8) is 0 Å². The fourth-order valence-electron chi connectivity index (χ4n) is 2.73. The van der Waals surface area contributed by atoms with E-state index in [1.807, 2.05) is 0 Å². The van der Waals surface area contributed by atoms with E-state index < -0.39 is 11.8 Å². The molecule has 152 valence electrons. The summed E-state index contributed by atoms with van der Waals surface area (Å²) >= 11 is 0. The van der Waals surface area contributed by atoms with E-state index in [-0.39, 0.29) is 12.5 Å². The van der Waals surface area contributed by atoms with Gasteiger partial charge in [-0.2, -0.15) is 5.10 Å². The molecular weight excluding hydrogens is 376 g/mol. The number of amides is 3. The molecule has 1 aromatic heterocycles. The van der Waals surface area contributed by atoms with E-state index in [0.29, 0.717) is 36.7 Å². The van der Waals surface area contributed by atoms with E-state index in [0.717, 1.165) is 12.8 Å². The van der Waals surface area contributed by atoms with Crippen LogP contribution in [-0.2, 0) is 20.9 Å². The van der Waals surface area contributed by atoms with Crippen LogP contribution >= 0.6 is 0 Å². The van der Waals surface area contributed by atoms with Gasteiger partial charge < -0.3 is 19.4 Å². The summed E-state index contributed by atoms with van der Waals surface area (Å²) in [7, 11) is 0. The lowest BCUT2D eigenvalue weighted by atomic mass is 10.2. The Labute approximate surface area is 167 Å². The summed E-state index contributed by atoms with van der Waals surface area (Å²) in [6.45, 7) is 1.40. The first-order valence-corrected chi connectivity index (χ1v) is 9.26. The predicted molar refractivity (Wildman–Crippen MR) is 104 cm³/mol. The van der Waals surface area contributed by atoms with Crippen molar-refractivity contribution in [2.24, 2.45) is 5.10 Å². The lowest BCUT2D eigenvalue weighted by Crippen LogP contribution is -2.39. The third-order valence-electron chi connectivity index (χ3n) is 4.26. The minimum Gasteiger partial charge on any atom is -0.484 e. The Kier molecular flexibility index (Phi) is 6.99. The maximum Gasteiger partial charge on any atom is 0.329 e. The number of carbonyl (C=O) groups excluding carboxylic acids is 3. The molecule has 3 rings (SSSR count). The molecule has 0 saturated carbocycles. The van der Waals surface area contributed by atoms with Gasteiger partial charge in [-0.25, -0.2) is 5.43 Å². The van der Waals surface area contributed by atoms with Crippen LogP contribution in [0.1, 0.15) is 24.2 Å². The quantitative estimate of drug-likeness (QED) is 0.411. The number of nitrogens with zero attached hydrogens (tertiary/aromatic N) is 2. The number of benzene rings is 1. The summed E-state index contributed by atoms with van der Waals surface area (Å²) in [6.07, 6.45) is 4.80. The van der Waals surface area contributed by atoms with Gasteiger partial charge >= 0.3 is 11.8 Å².